The van der Waals surface area contributed by atoms with Gasteiger partial charge in [0.1, 0.15) is 24.4 Å². The molecule has 1 heterocycles. The van der Waals surface area contributed by atoms with Crippen molar-refractivity contribution in [2.24, 2.45) is 0 Å². The van der Waals surface area contributed by atoms with Crippen LogP contribution >= 0.6 is 0 Å². The zero-order valence-corrected chi connectivity index (χ0v) is 51.6. The molecule has 1 amide bonds. The lowest BCUT2D eigenvalue weighted by Gasteiger charge is -2.41. The number of aliphatic hydroxyl groups excluding tert-OH is 5. The number of unbranched alkanes of at least 4 members (excludes halogenated alkanes) is 24. The number of nitrogens with one attached hydrogen (secondary N) is 1. The summed E-state index contributed by atoms with van der Waals surface area (Å²) in [6.45, 7) is 5.57. The van der Waals surface area contributed by atoms with E-state index in [-0.39, 0.29) is 19.4 Å². The topological polar surface area (TPSA) is 175 Å². The predicted molar refractivity (Wildman–Crippen MR) is 342 cm³/mol. The van der Waals surface area contributed by atoms with Gasteiger partial charge in [0.2, 0.25) is 5.91 Å². The van der Waals surface area contributed by atoms with Gasteiger partial charge < -0.3 is 45.1 Å². The number of rotatable bonds is 53. The van der Waals surface area contributed by atoms with E-state index in [0.717, 1.165) is 96.3 Å². The van der Waals surface area contributed by atoms with Crippen molar-refractivity contribution >= 4 is 11.9 Å². The van der Waals surface area contributed by atoms with Crippen molar-refractivity contribution in [2.75, 3.05) is 13.2 Å². The molecular formula is C71H117NO10. The lowest BCUT2D eigenvalue weighted by molar-refractivity contribution is -0.305. The molecule has 1 aliphatic rings. The van der Waals surface area contributed by atoms with Gasteiger partial charge in [0.05, 0.1) is 25.4 Å². The van der Waals surface area contributed by atoms with Crippen molar-refractivity contribution < 1.29 is 49.3 Å². The van der Waals surface area contributed by atoms with Crippen LogP contribution in [-0.2, 0) is 23.8 Å². The molecule has 0 radical (unpaired) electrons. The first-order chi connectivity index (χ1) is 40.2. The third kappa shape index (κ3) is 44.3. The molecular weight excluding hydrogens is 1030 g/mol. The summed E-state index contributed by atoms with van der Waals surface area (Å²) in [6, 6.07) is -1.06. The molecule has 0 aromatic rings. The third-order valence-corrected chi connectivity index (χ3v) is 14.4. The lowest BCUT2D eigenvalue weighted by atomic mass is 9.99. The van der Waals surface area contributed by atoms with Gasteiger partial charge in [0.15, 0.2) is 12.4 Å². The van der Waals surface area contributed by atoms with Crippen molar-refractivity contribution in [2.45, 2.75) is 288 Å². The van der Waals surface area contributed by atoms with E-state index in [0.29, 0.717) is 12.8 Å². The number of carbonyl (C=O) groups is 2. The van der Waals surface area contributed by atoms with Crippen molar-refractivity contribution in [3.05, 3.63) is 134 Å². The normalized spacial score (nSPS) is 19.5. The molecule has 11 heteroatoms. The number of esters is 1. The molecule has 1 saturated heterocycles. The van der Waals surface area contributed by atoms with Gasteiger partial charge in [-0.25, -0.2) is 0 Å². The number of carbonyl (C=O) groups excluding carboxylic acids is 2. The molecule has 6 N–H and O–H groups in total. The molecule has 0 aromatic carbocycles. The largest absolute Gasteiger partial charge is 0.454 e. The highest BCUT2D eigenvalue weighted by molar-refractivity contribution is 5.80. The van der Waals surface area contributed by atoms with Crippen molar-refractivity contribution in [3.8, 4) is 0 Å². The molecule has 0 saturated carbocycles. The summed E-state index contributed by atoms with van der Waals surface area (Å²) in [6.07, 6.45) is 70.6. The number of ether oxygens (including phenoxy) is 3. The number of hydrogen-bond acceptors (Lipinski definition) is 10. The van der Waals surface area contributed by atoms with Crippen LogP contribution in [0.15, 0.2) is 134 Å². The van der Waals surface area contributed by atoms with Gasteiger partial charge in [-0.05, 0) is 89.9 Å². The third-order valence-electron chi connectivity index (χ3n) is 14.4. The highest BCUT2D eigenvalue weighted by atomic mass is 16.7. The molecule has 0 aromatic heterocycles. The summed E-state index contributed by atoms with van der Waals surface area (Å²) in [7, 11) is 0. The maximum Gasteiger partial charge on any atom is 0.306 e. The Labute approximate surface area is 499 Å². The number of amides is 1. The van der Waals surface area contributed by atoms with E-state index in [4.69, 9.17) is 14.2 Å². The highest BCUT2D eigenvalue weighted by Gasteiger charge is 2.47. The standard InChI is InChI=1S/C71H117NO10/c1-4-7-10-13-16-19-22-25-27-29-30-31-32-33-34-35-36-37-39-41-44-47-50-53-56-59-66(76)82-69-68(78)67(77)65(60-73)81-71(69)80-61-62(63(74)57-54-51-48-45-42-24-21-18-15-12-9-6-3)72-70(79)64(75)58-55-52-49-46-43-40-38-28-26-23-20-17-14-11-8-5-2/h8,11,14,16-17,19-20,23,25-28,30-31,33-34,38,40,43,46,54,57,62-65,67-69,71,73-75,77-78H,4-7,9-10,12-13,15,18,21-22,24,29,32,35-37,39,41-42,44-45,47-53,55-56,58-61H2,1-3H3,(H,72,79)/b11-8-,17-14+,19-16-,23-20+,27-25-,28-26-,31-30-,34-33-,40-38+,46-43+,57-54+. The summed E-state index contributed by atoms with van der Waals surface area (Å²) in [5.74, 6) is -1.26. The molecule has 11 nitrogen and oxygen atoms in total. The minimum atomic E-state index is -1.63. The van der Waals surface area contributed by atoms with E-state index >= 15 is 0 Å². The number of aliphatic hydroxyl groups is 5. The number of allylic oxidation sites excluding steroid dienone is 21. The van der Waals surface area contributed by atoms with Crippen LogP contribution in [0.2, 0.25) is 0 Å². The van der Waals surface area contributed by atoms with Gasteiger partial charge in [-0.2, -0.15) is 0 Å². The second-order valence-corrected chi connectivity index (χ2v) is 21.9. The van der Waals surface area contributed by atoms with Crippen molar-refractivity contribution in [3.63, 3.8) is 0 Å². The van der Waals surface area contributed by atoms with Crippen LogP contribution < -0.4 is 5.32 Å². The van der Waals surface area contributed by atoms with E-state index in [1.165, 1.54) is 96.3 Å². The summed E-state index contributed by atoms with van der Waals surface area (Å²) in [5, 5.41) is 57.0. The predicted octanol–water partition coefficient (Wildman–Crippen LogP) is 16.0. The average molecular weight is 1140 g/mol. The molecule has 1 aliphatic heterocycles. The van der Waals surface area contributed by atoms with E-state index < -0.39 is 67.4 Å². The Morgan fingerprint density at radius 3 is 1.45 bits per heavy atom. The van der Waals surface area contributed by atoms with Crippen LogP contribution in [0, 0.1) is 0 Å². The Balaban J connectivity index is 2.66. The van der Waals surface area contributed by atoms with E-state index in [1.54, 1.807) is 6.08 Å². The quantitative estimate of drug-likeness (QED) is 0.0149. The second-order valence-electron chi connectivity index (χ2n) is 21.9. The van der Waals surface area contributed by atoms with Gasteiger partial charge in [-0.15, -0.1) is 0 Å². The van der Waals surface area contributed by atoms with E-state index in [2.05, 4.69) is 80.8 Å². The average Bonchev–Trinajstić information content (AvgIpc) is 3.68. The van der Waals surface area contributed by atoms with Crippen molar-refractivity contribution in [1.82, 2.24) is 5.32 Å². The van der Waals surface area contributed by atoms with Crippen LogP contribution in [0.4, 0.5) is 0 Å². The Hall–Kier alpha value is -4.20. The smallest absolute Gasteiger partial charge is 0.306 e. The molecule has 1 fully saturated rings. The monoisotopic (exact) mass is 1140 g/mol. The van der Waals surface area contributed by atoms with Gasteiger partial charge in [0.25, 0.3) is 0 Å². The fraction of sp³-hybridized carbons (Fsp3) is 0.662. The minimum absolute atomic E-state index is 0.102. The Bertz CT molecular complexity index is 1840. The Morgan fingerprint density at radius 2 is 0.927 bits per heavy atom. The summed E-state index contributed by atoms with van der Waals surface area (Å²) in [4.78, 5) is 26.6. The lowest BCUT2D eigenvalue weighted by Crippen LogP contribution is -2.61. The van der Waals surface area contributed by atoms with Crippen LogP contribution in [-0.4, -0.2) is 99.6 Å². The molecule has 8 atom stereocenters. The molecule has 1 rings (SSSR count). The first-order valence-electron chi connectivity index (χ1n) is 32.5. The van der Waals surface area contributed by atoms with Crippen LogP contribution in [0.3, 0.4) is 0 Å². The molecule has 0 spiro atoms. The summed E-state index contributed by atoms with van der Waals surface area (Å²) < 4.78 is 17.6. The Morgan fingerprint density at radius 1 is 0.500 bits per heavy atom. The molecule has 0 aliphatic carbocycles. The first kappa shape index (κ1) is 75.8. The van der Waals surface area contributed by atoms with E-state index in [9.17, 15) is 35.1 Å². The second kappa shape index (κ2) is 57.2. The van der Waals surface area contributed by atoms with Crippen LogP contribution in [0.25, 0.3) is 0 Å². The van der Waals surface area contributed by atoms with Gasteiger partial charge in [-0.3, -0.25) is 9.59 Å². The maximum atomic E-state index is 13.4. The highest BCUT2D eigenvalue weighted by Crippen LogP contribution is 2.26. The van der Waals surface area contributed by atoms with Crippen LogP contribution in [0.5, 0.6) is 0 Å². The van der Waals surface area contributed by atoms with Crippen LogP contribution in [0.1, 0.15) is 239 Å². The van der Waals surface area contributed by atoms with E-state index in [1.807, 2.05) is 72.9 Å². The molecule has 0 bridgehead atoms. The molecule has 466 valence electrons. The van der Waals surface area contributed by atoms with Gasteiger partial charge in [-0.1, -0.05) is 276 Å². The maximum absolute atomic E-state index is 13.4. The van der Waals surface area contributed by atoms with Gasteiger partial charge >= 0.3 is 5.97 Å². The first-order valence-corrected chi connectivity index (χ1v) is 32.5. The van der Waals surface area contributed by atoms with Crippen molar-refractivity contribution in [1.29, 1.82) is 0 Å². The fourth-order valence-corrected chi connectivity index (χ4v) is 9.31. The molecule has 82 heavy (non-hydrogen) atoms. The zero-order chi connectivity index (χ0) is 59.6. The minimum Gasteiger partial charge on any atom is -0.454 e. The Kier molecular flexibility index (Phi) is 52.9. The molecule has 8 unspecified atom stereocenters. The fourth-order valence-electron chi connectivity index (χ4n) is 9.31. The number of hydrogen-bond donors (Lipinski definition) is 6. The van der Waals surface area contributed by atoms with Gasteiger partial charge in [0, 0.05) is 6.42 Å². The SMILES string of the molecule is CC\C=C/C=C/C=C/C=C\C=C\C=C\CCCCC(O)C(=O)NC(COC1OC(CO)C(O)C(O)C1OC(=O)CCCCCCCCCCC/C=C\C/C=C\C/C=C\C/C=C\CCCCC)C(O)/C=C/CCCCCCCCCCCC. The zero-order valence-electron chi connectivity index (χ0n) is 51.6. The summed E-state index contributed by atoms with van der Waals surface area (Å²) >= 11 is 0. The summed E-state index contributed by atoms with van der Waals surface area (Å²) in [5.41, 5.74) is 0.